The molecule has 1 aromatic carbocycles. The van der Waals surface area contributed by atoms with Crippen LogP contribution in [0, 0.1) is 0 Å². The Kier molecular flexibility index (Phi) is 3.11. The second kappa shape index (κ2) is 4.41. The van der Waals surface area contributed by atoms with Crippen molar-refractivity contribution in [2.45, 2.75) is 26.2 Å². The molecule has 3 heteroatoms. The van der Waals surface area contributed by atoms with Gasteiger partial charge in [0.25, 0.3) is 0 Å². The van der Waals surface area contributed by atoms with E-state index in [0.717, 1.165) is 10.8 Å². The van der Waals surface area contributed by atoms with Crippen molar-refractivity contribution in [2.24, 2.45) is 0 Å². The highest BCUT2D eigenvalue weighted by Gasteiger charge is 2.19. The fraction of sp³-hybridized carbons (Fsp3) is 0.286. The quantitative estimate of drug-likeness (QED) is 0.852. The van der Waals surface area contributed by atoms with Gasteiger partial charge in [-0.2, -0.15) is 0 Å². The number of benzene rings is 1. The predicted molar refractivity (Wildman–Crippen MR) is 73.9 cm³/mol. The normalized spacial score (nSPS) is 11.5. The Balaban J connectivity index is 2.37. The third kappa shape index (κ3) is 2.61. The van der Waals surface area contributed by atoms with Crippen LogP contribution in [0.15, 0.2) is 35.7 Å². The van der Waals surface area contributed by atoms with E-state index in [9.17, 15) is 0 Å². The highest BCUT2D eigenvalue weighted by atomic mass is 32.1. The Labute approximate surface area is 106 Å². The first-order valence-electron chi connectivity index (χ1n) is 5.59. The molecule has 1 heterocycles. The first-order chi connectivity index (χ1) is 7.98. The van der Waals surface area contributed by atoms with Gasteiger partial charge in [-0.3, -0.25) is 0 Å². The van der Waals surface area contributed by atoms with E-state index in [4.69, 9.17) is 10.5 Å². The lowest BCUT2D eigenvalue weighted by Gasteiger charge is -2.22. The maximum atomic E-state index is 5.90. The smallest absolute Gasteiger partial charge is 0.203 e. The highest BCUT2D eigenvalue weighted by Crippen LogP contribution is 2.38. The fourth-order valence-corrected chi connectivity index (χ4v) is 2.34. The molecule has 0 fully saturated rings. The number of hydrogen-bond donors (Lipinski definition) is 1. The molecular formula is C14H17NOS. The Morgan fingerprint density at radius 1 is 1.12 bits per heavy atom. The zero-order chi connectivity index (χ0) is 12.5. The van der Waals surface area contributed by atoms with Crippen LogP contribution in [0.2, 0.25) is 0 Å². The van der Waals surface area contributed by atoms with Gasteiger partial charge in [0.1, 0.15) is 5.75 Å². The molecule has 2 nitrogen and oxygen atoms in total. The van der Waals surface area contributed by atoms with Crippen LogP contribution >= 0.6 is 11.3 Å². The van der Waals surface area contributed by atoms with Crippen molar-refractivity contribution in [3.8, 4) is 10.8 Å². The van der Waals surface area contributed by atoms with Crippen LogP contribution in [0.1, 0.15) is 26.3 Å². The number of nitrogen functional groups attached to an aromatic ring is 1. The van der Waals surface area contributed by atoms with Crippen LogP contribution in [0.4, 0.5) is 5.69 Å². The minimum atomic E-state index is 0.0581. The summed E-state index contributed by atoms with van der Waals surface area (Å²) in [5, 5.41) is 2.70. The van der Waals surface area contributed by atoms with Crippen LogP contribution in [0.25, 0.3) is 0 Å². The number of para-hydroxylation sites is 1. The Morgan fingerprint density at radius 2 is 1.82 bits per heavy atom. The maximum Gasteiger partial charge on any atom is 0.203 e. The molecule has 2 N–H and O–H groups in total. The molecule has 2 aromatic rings. The number of nitrogens with two attached hydrogens (primary N) is 1. The third-order valence-corrected chi connectivity index (χ3v) is 3.36. The molecule has 0 spiro atoms. The Hall–Kier alpha value is -1.48. The zero-order valence-corrected chi connectivity index (χ0v) is 11.2. The van der Waals surface area contributed by atoms with Crippen molar-refractivity contribution >= 4 is 17.0 Å². The largest absolute Gasteiger partial charge is 0.444 e. The summed E-state index contributed by atoms with van der Waals surface area (Å²) >= 11 is 1.52. The first kappa shape index (κ1) is 12.0. The molecule has 0 aliphatic heterocycles. The summed E-state index contributed by atoms with van der Waals surface area (Å²) in [6, 6.07) is 9.96. The van der Waals surface area contributed by atoms with Crippen LogP contribution < -0.4 is 10.5 Å². The minimum absolute atomic E-state index is 0.0581. The van der Waals surface area contributed by atoms with Gasteiger partial charge in [-0.15, -0.1) is 11.3 Å². The van der Waals surface area contributed by atoms with E-state index in [1.54, 1.807) is 0 Å². The minimum Gasteiger partial charge on any atom is -0.444 e. The van der Waals surface area contributed by atoms with Crippen molar-refractivity contribution in [3.05, 3.63) is 41.3 Å². The molecule has 0 unspecified atom stereocenters. The van der Waals surface area contributed by atoms with Gasteiger partial charge in [0.05, 0.1) is 5.69 Å². The van der Waals surface area contributed by atoms with Gasteiger partial charge >= 0.3 is 0 Å². The molecular weight excluding hydrogens is 230 g/mol. The van der Waals surface area contributed by atoms with Crippen molar-refractivity contribution in [2.75, 3.05) is 5.73 Å². The lowest BCUT2D eigenvalue weighted by Crippen LogP contribution is -2.12. The van der Waals surface area contributed by atoms with Gasteiger partial charge in [-0.1, -0.05) is 39.0 Å². The summed E-state index contributed by atoms with van der Waals surface area (Å²) in [7, 11) is 0. The van der Waals surface area contributed by atoms with E-state index in [-0.39, 0.29) is 5.41 Å². The van der Waals surface area contributed by atoms with E-state index in [1.807, 2.05) is 29.6 Å². The molecule has 0 saturated heterocycles. The van der Waals surface area contributed by atoms with Crippen LogP contribution in [-0.4, -0.2) is 0 Å². The second-order valence-corrected chi connectivity index (χ2v) is 5.89. The standard InChI is InChI=1S/C14H17NOS/c1-14(2,3)10-6-4-5-7-12(10)16-13-11(15)8-9-17-13/h4-9H,15H2,1-3H3. The van der Waals surface area contributed by atoms with E-state index >= 15 is 0 Å². The molecule has 0 saturated carbocycles. The second-order valence-electron chi connectivity index (χ2n) is 5.01. The lowest BCUT2D eigenvalue weighted by atomic mass is 9.86. The van der Waals surface area contributed by atoms with Crippen LogP contribution in [0.5, 0.6) is 10.8 Å². The van der Waals surface area contributed by atoms with Crippen molar-refractivity contribution in [1.29, 1.82) is 0 Å². The third-order valence-electron chi connectivity index (χ3n) is 2.56. The average molecular weight is 247 g/mol. The molecule has 0 aliphatic carbocycles. The molecule has 0 bridgehead atoms. The summed E-state index contributed by atoms with van der Waals surface area (Å²) in [5.74, 6) is 0.883. The number of rotatable bonds is 2. The van der Waals surface area contributed by atoms with Crippen LogP contribution in [0.3, 0.4) is 0 Å². The first-order valence-corrected chi connectivity index (χ1v) is 6.47. The van der Waals surface area contributed by atoms with Gasteiger partial charge in [-0.05, 0) is 22.9 Å². The van der Waals surface area contributed by atoms with Gasteiger partial charge in [0.2, 0.25) is 5.06 Å². The van der Waals surface area contributed by atoms with Gasteiger partial charge in [0.15, 0.2) is 0 Å². The number of anilines is 1. The predicted octanol–water partition coefficient (Wildman–Crippen LogP) is 4.42. The number of hydrogen-bond acceptors (Lipinski definition) is 3. The molecule has 90 valence electrons. The summed E-state index contributed by atoms with van der Waals surface area (Å²) < 4.78 is 5.90. The van der Waals surface area contributed by atoms with Gasteiger partial charge in [0, 0.05) is 5.56 Å². The fourth-order valence-electron chi connectivity index (χ4n) is 1.66. The van der Waals surface area contributed by atoms with Crippen molar-refractivity contribution in [3.63, 3.8) is 0 Å². The van der Waals surface area contributed by atoms with E-state index in [2.05, 4.69) is 26.8 Å². The monoisotopic (exact) mass is 247 g/mol. The average Bonchev–Trinajstić information content (AvgIpc) is 2.64. The van der Waals surface area contributed by atoms with E-state index in [0.29, 0.717) is 5.69 Å². The summed E-state index contributed by atoms with van der Waals surface area (Å²) in [4.78, 5) is 0. The zero-order valence-electron chi connectivity index (χ0n) is 10.4. The molecule has 1 aromatic heterocycles. The molecule has 0 amide bonds. The summed E-state index contributed by atoms with van der Waals surface area (Å²) in [5.41, 5.74) is 7.77. The molecule has 0 radical (unpaired) electrons. The molecule has 0 atom stereocenters. The Morgan fingerprint density at radius 3 is 2.41 bits per heavy atom. The molecule has 0 aliphatic rings. The van der Waals surface area contributed by atoms with Gasteiger partial charge in [-0.25, -0.2) is 0 Å². The Bertz CT molecular complexity index is 511. The van der Waals surface area contributed by atoms with Crippen LogP contribution in [-0.2, 0) is 5.41 Å². The van der Waals surface area contributed by atoms with Crippen molar-refractivity contribution < 1.29 is 4.74 Å². The lowest BCUT2D eigenvalue weighted by molar-refractivity contribution is 0.467. The molecule has 17 heavy (non-hydrogen) atoms. The number of thiophene rings is 1. The summed E-state index contributed by atoms with van der Waals surface area (Å²) in [6.07, 6.45) is 0. The van der Waals surface area contributed by atoms with Gasteiger partial charge < -0.3 is 10.5 Å². The summed E-state index contributed by atoms with van der Waals surface area (Å²) in [6.45, 7) is 6.52. The molecule has 2 rings (SSSR count). The van der Waals surface area contributed by atoms with E-state index in [1.165, 1.54) is 16.9 Å². The SMILES string of the molecule is CC(C)(C)c1ccccc1Oc1sccc1N. The maximum absolute atomic E-state index is 5.90. The topological polar surface area (TPSA) is 35.2 Å². The van der Waals surface area contributed by atoms with E-state index < -0.39 is 0 Å². The highest BCUT2D eigenvalue weighted by molar-refractivity contribution is 7.12. The van der Waals surface area contributed by atoms with Crippen molar-refractivity contribution in [1.82, 2.24) is 0 Å². The number of ether oxygens (including phenoxy) is 1.